The van der Waals surface area contributed by atoms with Gasteiger partial charge in [0.25, 0.3) is 0 Å². The summed E-state index contributed by atoms with van der Waals surface area (Å²) >= 11 is 0. The average molecular weight is 287 g/mol. The highest BCUT2D eigenvalue weighted by atomic mass is 16.5. The van der Waals surface area contributed by atoms with Crippen LogP contribution in [0.3, 0.4) is 0 Å². The molecule has 2 rings (SSSR count). The van der Waals surface area contributed by atoms with E-state index in [9.17, 15) is 5.26 Å². The van der Waals surface area contributed by atoms with Gasteiger partial charge in [-0.15, -0.1) is 0 Å². The van der Waals surface area contributed by atoms with Crippen LogP contribution >= 0.6 is 0 Å². The van der Waals surface area contributed by atoms with Gasteiger partial charge in [-0.05, 0) is 43.4 Å². The molecule has 0 spiro atoms. The van der Waals surface area contributed by atoms with E-state index in [1.54, 1.807) is 7.11 Å². The van der Waals surface area contributed by atoms with Crippen molar-refractivity contribution in [3.8, 4) is 6.07 Å². The number of hydrogen-bond acceptors (Lipinski definition) is 4. The first-order valence-electron chi connectivity index (χ1n) is 7.63. The summed E-state index contributed by atoms with van der Waals surface area (Å²) in [5.41, 5.74) is 2.94. The number of methoxy groups -OCH3 is 1. The van der Waals surface area contributed by atoms with E-state index >= 15 is 0 Å². The lowest BCUT2D eigenvalue weighted by atomic mass is 10.1. The van der Waals surface area contributed by atoms with Crippen molar-refractivity contribution in [1.29, 1.82) is 5.26 Å². The van der Waals surface area contributed by atoms with Gasteiger partial charge in [0, 0.05) is 33.3 Å². The molecule has 1 atom stereocenters. The van der Waals surface area contributed by atoms with Crippen molar-refractivity contribution in [2.24, 2.45) is 5.92 Å². The molecule has 0 aliphatic heterocycles. The summed E-state index contributed by atoms with van der Waals surface area (Å²) in [5.74, 6) is 0.789. The molecule has 1 fully saturated rings. The van der Waals surface area contributed by atoms with Crippen molar-refractivity contribution in [3.05, 3.63) is 29.3 Å². The zero-order chi connectivity index (χ0) is 15.2. The van der Waals surface area contributed by atoms with Crippen LogP contribution in [0.4, 0.5) is 5.69 Å². The lowest BCUT2D eigenvalue weighted by Crippen LogP contribution is -2.31. The molecule has 0 bridgehead atoms. The highest BCUT2D eigenvalue weighted by molar-refractivity contribution is 5.60. The van der Waals surface area contributed by atoms with Crippen LogP contribution in [0, 0.1) is 17.2 Å². The highest BCUT2D eigenvalue weighted by Gasteiger charge is 2.31. The van der Waals surface area contributed by atoms with Crippen molar-refractivity contribution >= 4 is 5.69 Å². The van der Waals surface area contributed by atoms with Crippen molar-refractivity contribution < 1.29 is 4.74 Å². The van der Waals surface area contributed by atoms with Crippen LogP contribution in [0.25, 0.3) is 0 Å². The maximum absolute atomic E-state index is 9.42. The monoisotopic (exact) mass is 287 g/mol. The number of anilines is 1. The van der Waals surface area contributed by atoms with E-state index in [1.165, 1.54) is 12.8 Å². The summed E-state index contributed by atoms with van der Waals surface area (Å²) in [4.78, 5) is 2.25. The normalized spacial score (nSPS) is 15.5. The minimum Gasteiger partial charge on any atom is -0.383 e. The second-order valence-electron chi connectivity index (χ2n) is 5.82. The number of hydrogen-bond donors (Lipinski definition) is 1. The number of nitriles is 1. The minimum absolute atomic E-state index is 0.503. The fraction of sp³-hybridized carbons (Fsp3) is 0.588. The van der Waals surface area contributed by atoms with E-state index in [2.05, 4.69) is 42.4 Å². The Balaban J connectivity index is 2.03. The topological polar surface area (TPSA) is 48.3 Å². The summed E-state index contributed by atoms with van der Waals surface area (Å²) in [7, 11) is 3.79. The minimum atomic E-state index is 0.503. The summed E-state index contributed by atoms with van der Waals surface area (Å²) in [6.07, 6.45) is 2.63. The molecular formula is C17H25N3O. The SMILES string of the molecule is COCCNCc1ccc(N(C)C(C)C2CC2)c(C#N)c1. The molecule has 1 aromatic rings. The molecule has 114 valence electrons. The van der Waals surface area contributed by atoms with E-state index in [4.69, 9.17) is 4.74 Å². The average Bonchev–Trinajstić information content (AvgIpc) is 3.34. The van der Waals surface area contributed by atoms with Gasteiger partial charge in [-0.3, -0.25) is 0 Å². The summed E-state index contributed by atoms with van der Waals surface area (Å²) in [6.45, 7) is 4.53. The van der Waals surface area contributed by atoms with Gasteiger partial charge in [0.2, 0.25) is 0 Å². The van der Waals surface area contributed by atoms with Gasteiger partial charge < -0.3 is 15.0 Å². The first-order valence-corrected chi connectivity index (χ1v) is 7.63. The number of rotatable bonds is 8. The first-order chi connectivity index (χ1) is 10.2. The van der Waals surface area contributed by atoms with Crippen LogP contribution in [0.1, 0.15) is 30.9 Å². The van der Waals surface area contributed by atoms with Gasteiger partial charge in [0.15, 0.2) is 0 Å². The third-order valence-electron chi connectivity index (χ3n) is 4.29. The van der Waals surface area contributed by atoms with Crippen molar-refractivity contribution in [1.82, 2.24) is 5.32 Å². The van der Waals surface area contributed by atoms with Crippen LogP contribution in [-0.2, 0) is 11.3 Å². The Hall–Kier alpha value is -1.57. The van der Waals surface area contributed by atoms with Crippen molar-refractivity contribution in [2.75, 3.05) is 32.2 Å². The number of nitrogens with zero attached hydrogens (tertiary/aromatic N) is 2. The van der Waals surface area contributed by atoms with E-state index in [0.717, 1.165) is 35.8 Å². The molecular weight excluding hydrogens is 262 g/mol. The van der Waals surface area contributed by atoms with Crippen LogP contribution in [0.5, 0.6) is 0 Å². The molecule has 0 aromatic heterocycles. The smallest absolute Gasteiger partial charge is 0.101 e. The molecule has 0 radical (unpaired) electrons. The van der Waals surface area contributed by atoms with Crippen LogP contribution in [0.2, 0.25) is 0 Å². The number of nitrogens with one attached hydrogen (secondary N) is 1. The second-order valence-corrected chi connectivity index (χ2v) is 5.82. The second kappa shape index (κ2) is 7.44. The van der Waals surface area contributed by atoms with Gasteiger partial charge >= 0.3 is 0 Å². The quantitative estimate of drug-likeness (QED) is 0.746. The molecule has 1 saturated carbocycles. The molecule has 1 aliphatic carbocycles. The Bertz CT molecular complexity index is 505. The van der Waals surface area contributed by atoms with Crippen LogP contribution < -0.4 is 10.2 Å². The lowest BCUT2D eigenvalue weighted by Gasteiger charge is -2.28. The Morgan fingerprint density at radius 1 is 1.48 bits per heavy atom. The lowest BCUT2D eigenvalue weighted by molar-refractivity contribution is 0.199. The zero-order valence-corrected chi connectivity index (χ0v) is 13.2. The molecule has 21 heavy (non-hydrogen) atoms. The fourth-order valence-corrected chi connectivity index (χ4v) is 2.61. The van der Waals surface area contributed by atoms with Crippen LogP contribution in [0.15, 0.2) is 18.2 Å². The number of ether oxygens (including phenoxy) is 1. The van der Waals surface area contributed by atoms with Crippen LogP contribution in [-0.4, -0.2) is 33.4 Å². The third kappa shape index (κ3) is 4.20. The summed E-state index contributed by atoms with van der Waals surface area (Å²) in [5, 5.41) is 12.7. The Kier molecular flexibility index (Phi) is 5.60. The molecule has 0 heterocycles. The van der Waals surface area contributed by atoms with E-state index in [-0.39, 0.29) is 0 Å². The Labute approximate surface area is 127 Å². The Morgan fingerprint density at radius 2 is 2.24 bits per heavy atom. The maximum Gasteiger partial charge on any atom is 0.101 e. The highest BCUT2D eigenvalue weighted by Crippen LogP contribution is 2.37. The third-order valence-corrected chi connectivity index (χ3v) is 4.29. The first kappa shape index (κ1) is 15.8. The van der Waals surface area contributed by atoms with E-state index in [1.807, 2.05) is 6.07 Å². The zero-order valence-electron chi connectivity index (χ0n) is 13.2. The molecule has 0 amide bonds. The molecule has 0 saturated heterocycles. The Morgan fingerprint density at radius 3 is 2.86 bits per heavy atom. The fourth-order valence-electron chi connectivity index (χ4n) is 2.61. The van der Waals surface area contributed by atoms with Crippen molar-refractivity contribution in [2.45, 2.75) is 32.4 Å². The predicted molar refractivity (Wildman–Crippen MR) is 85.3 cm³/mol. The van der Waals surface area contributed by atoms with Gasteiger partial charge in [-0.1, -0.05) is 6.07 Å². The predicted octanol–water partition coefficient (Wildman–Crippen LogP) is 2.53. The maximum atomic E-state index is 9.42. The molecule has 4 nitrogen and oxygen atoms in total. The summed E-state index contributed by atoms with van der Waals surface area (Å²) in [6, 6.07) is 9.01. The number of benzene rings is 1. The van der Waals surface area contributed by atoms with Gasteiger partial charge in [0.1, 0.15) is 6.07 Å². The van der Waals surface area contributed by atoms with E-state index in [0.29, 0.717) is 12.6 Å². The standard InChI is InChI=1S/C17H25N3O/c1-13(15-5-6-15)20(2)17-7-4-14(10-16(17)11-18)12-19-8-9-21-3/h4,7,10,13,15,19H,5-6,8-9,12H2,1-3H3. The van der Waals surface area contributed by atoms with E-state index < -0.39 is 0 Å². The largest absolute Gasteiger partial charge is 0.383 e. The molecule has 4 heteroatoms. The van der Waals surface area contributed by atoms with Gasteiger partial charge in [-0.2, -0.15) is 5.26 Å². The molecule has 1 aromatic carbocycles. The molecule has 1 unspecified atom stereocenters. The van der Waals surface area contributed by atoms with Crippen molar-refractivity contribution in [3.63, 3.8) is 0 Å². The van der Waals surface area contributed by atoms with Gasteiger partial charge in [0.05, 0.1) is 17.9 Å². The van der Waals surface area contributed by atoms with Gasteiger partial charge in [-0.25, -0.2) is 0 Å². The molecule has 1 aliphatic rings. The molecule has 1 N–H and O–H groups in total. The summed E-state index contributed by atoms with van der Waals surface area (Å²) < 4.78 is 5.01.